The van der Waals surface area contributed by atoms with Crippen molar-refractivity contribution in [2.24, 2.45) is 7.05 Å². The Labute approximate surface area is 163 Å². The first-order chi connectivity index (χ1) is 13.5. The van der Waals surface area contributed by atoms with Gasteiger partial charge in [0.15, 0.2) is 5.78 Å². The van der Waals surface area contributed by atoms with E-state index in [1.807, 2.05) is 36.0 Å². The minimum absolute atomic E-state index is 0.0659. The topological polar surface area (TPSA) is 52.7 Å². The van der Waals surface area contributed by atoms with Gasteiger partial charge in [-0.15, -0.1) is 0 Å². The molecule has 28 heavy (non-hydrogen) atoms. The van der Waals surface area contributed by atoms with Gasteiger partial charge in [0.2, 0.25) is 0 Å². The monoisotopic (exact) mass is 378 g/mol. The number of Topliss-reactive ketones (excluding diaryl/α,β-unsaturated/α-hetero) is 1. The van der Waals surface area contributed by atoms with Crippen molar-refractivity contribution in [3.05, 3.63) is 83.7 Å². The van der Waals surface area contributed by atoms with Gasteiger partial charge in [0.05, 0.1) is 11.0 Å². The SMILES string of the molecule is CCn1c(Cc2ccnn2C)nc2cc(C(C)=O)ccc21.Fc1ccccc1. The molecule has 0 fully saturated rings. The summed E-state index contributed by atoms with van der Waals surface area (Å²) in [4.78, 5) is 16.2. The highest BCUT2D eigenvalue weighted by atomic mass is 19.1. The molecule has 6 heteroatoms. The summed E-state index contributed by atoms with van der Waals surface area (Å²) in [5.41, 5.74) is 3.77. The van der Waals surface area contributed by atoms with E-state index < -0.39 is 0 Å². The van der Waals surface area contributed by atoms with Crippen LogP contribution in [0.1, 0.15) is 35.7 Å². The molecule has 0 unspecified atom stereocenters. The summed E-state index contributed by atoms with van der Waals surface area (Å²) in [5.74, 6) is 0.885. The molecule has 0 bridgehead atoms. The van der Waals surface area contributed by atoms with Gasteiger partial charge in [-0.05, 0) is 50.2 Å². The fourth-order valence-corrected chi connectivity index (χ4v) is 3.04. The average Bonchev–Trinajstić information content (AvgIpc) is 3.25. The van der Waals surface area contributed by atoms with Crippen LogP contribution in [0, 0.1) is 5.82 Å². The smallest absolute Gasteiger partial charge is 0.159 e. The Morgan fingerprint density at radius 1 is 1.11 bits per heavy atom. The van der Waals surface area contributed by atoms with Crippen LogP contribution in [0.3, 0.4) is 0 Å². The number of aromatic nitrogens is 4. The molecule has 2 aromatic heterocycles. The minimum Gasteiger partial charge on any atom is -0.328 e. The van der Waals surface area contributed by atoms with Gasteiger partial charge in [0.25, 0.3) is 0 Å². The van der Waals surface area contributed by atoms with Crippen molar-refractivity contribution in [3.63, 3.8) is 0 Å². The molecule has 4 rings (SSSR count). The Bertz CT molecular complexity index is 1080. The fraction of sp³-hybridized carbons (Fsp3) is 0.227. The standard InChI is InChI=1S/C16H18N4O.C6H5F/c1-4-20-15-6-5-12(11(2)21)9-14(15)18-16(20)10-13-7-8-17-19(13)3;7-6-4-2-1-3-5-6/h5-9H,4,10H2,1-3H3;1-5H. The van der Waals surface area contributed by atoms with E-state index in [1.165, 1.54) is 12.1 Å². The second-order valence-electron chi connectivity index (χ2n) is 6.45. The molecule has 2 aromatic carbocycles. The molecule has 0 N–H and O–H groups in total. The highest BCUT2D eigenvalue weighted by Gasteiger charge is 2.13. The Balaban J connectivity index is 0.000000271. The summed E-state index contributed by atoms with van der Waals surface area (Å²) in [7, 11) is 1.93. The Hall–Kier alpha value is -3.28. The highest BCUT2D eigenvalue weighted by Crippen LogP contribution is 2.20. The number of ketones is 1. The van der Waals surface area contributed by atoms with Crippen molar-refractivity contribution in [1.29, 1.82) is 0 Å². The van der Waals surface area contributed by atoms with Crippen LogP contribution in [-0.2, 0) is 20.0 Å². The molecule has 0 atom stereocenters. The molecule has 4 aromatic rings. The lowest BCUT2D eigenvalue weighted by molar-refractivity contribution is 0.101. The summed E-state index contributed by atoms with van der Waals surface area (Å²) in [6.45, 7) is 4.53. The lowest BCUT2D eigenvalue weighted by Gasteiger charge is -2.06. The van der Waals surface area contributed by atoms with Crippen LogP contribution in [0.4, 0.5) is 4.39 Å². The Morgan fingerprint density at radius 3 is 2.39 bits per heavy atom. The highest BCUT2D eigenvalue weighted by molar-refractivity contribution is 5.97. The molecule has 0 saturated heterocycles. The van der Waals surface area contributed by atoms with E-state index in [2.05, 4.69) is 16.6 Å². The summed E-state index contributed by atoms with van der Waals surface area (Å²) in [6, 6.07) is 15.7. The summed E-state index contributed by atoms with van der Waals surface area (Å²) in [5, 5.41) is 4.19. The quantitative estimate of drug-likeness (QED) is 0.494. The molecule has 0 amide bonds. The number of imidazole rings is 1. The maximum absolute atomic E-state index is 11.9. The van der Waals surface area contributed by atoms with Gasteiger partial charge in [-0.1, -0.05) is 18.2 Å². The maximum Gasteiger partial charge on any atom is 0.159 e. The van der Waals surface area contributed by atoms with Gasteiger partial charge in [-0.25, -0.2) is 9.37 Å². The van der Waals surface area contributed by atoms with Crippen LogP contribution in [0.25, 0.3) is 11.0 Å². The Kier molecular flexibility index (Phi) is 5.99. The van der Waals surface area contributed by atoms with E-state index >= 15 is 0 Å². The van der Waals surface area contributed by atoms with Crippen LogP contribution in [-0.4, -0.2) is 25.1 Å². The first kappa shape index (κ1) is 19.5. The second-order valence-corrected chi connectivity index (χ2v) is 6.45. The normalized spacial score (nSPS) is 10.6. The van der Waals surface area contributed by atoms with E-state index in [-0.39, 0.29) is 11.6 Å². The molecule has 144 valence electrons. The van der Waals surface area contributed by atoms with E-state index in [0.717, 1.165) is 35.5 Å². The molecular weight excluding hydrogens is 355 g/mol. The van der Waals surface area contributed by atoms with Gasteiger partial charge in [-0.3, -0.25) is 9.48 Å². The van der Waals surface area contributed by atoms with Crippen molar-refractivity contribution < 1.29 is 9.18 Å². The zero-order valence-corrected chi connectivity index (χ0v) is 16.3. The van der Waals surface area contributed by atoms with Gasteiger partial charge < -0.3 is 4.57 Å². The third-order valence-corrected chi connectivity index (χ3v) is 4.54. The average molecular weight is 378 g/mol. The van der Waals surface area contributed by atoms with E-state index in [4.69, 9.17) is 4.98 Å². The number of rotatable bonds is 4. The minimum atomic E-state index is -0.178. The third kappa shape index (κ3) is 4.34. The third-order valence-electron chi connectivity index (χ3n) is 4.54. The van der Waals surface area contributed by atoms with Gasteiger partial charge in [-0.2, -0.15) is 5.10 Å². The molecular formula is C22H23FN4O. The number of halogens is 1. The number of aryl methyl sites for hydroxylation is 2. The number of carbonyl (C=O) groups excluding carboxylic acids is 1. The van der Waals surface area contributed by atoms with Gasteiger partial charge in [0, 0.05) is 37.5 Å². The first-order valence-electron chi connectivity index (χ1n) is 9.17. The van der Waals surface area contributed by atoms with Crippen LogP contribution in [0.2, 0.25) is 0 Å². The number of hydrogen-bond donors (Lipinski definition) is 0. The van der Waals surface area contributed by atoms with Gasteiger partial charge in [0.1, 0.15) is 11.6 Å². The lowest BCUT2D eigenvalue weighted by Crippen LogP contribution is -2.06. The Morgan fingerprint density at radius 2 is 1.86 bits per heavy atom. The lowest BCUT2D eigenvalue weighted by atomic mass is 10.1. The predicted octanol–water partition coefficient (Wildman–Crippen LogP) is 4.41. The predicted molar refractivity (Wildman–Crippen MR) is 108 cm³/mol. The molecule has 0 aliphatic rings. The second kappa shape index (κ2) is 8.61. The number of fused-ring (bicyclic) bond motifs is 1. The number of carbonyl (C=O) groups is 1. The summed E-state index contributed by atoms with van der Waals surface area (Å²) in [6.07, 6.45) is 2.52. The van der Waals surface area contributed by atoms with Crippen molar-refractivity contribution in [2.75, 3.05) is 0 Å². The van der Waals surface area contributed by atoms with E-state index in [1.54, 1.807) is 31.3 Å². The fourth-order valence-electron chi connectivity index (χ4n) is 3.04. The van der Waals surface area contributed by atoms with E-state index in [0.29, 0.717) is 5.56 Å². The molecule has 0 spiro atoms. The van der Waals surface area contributed by atoms with Crippen molar-refractivity contribution >= 4 is 16.8 Å². The van der Waals surface area contributed by atoms with Crippen molar-refractivity contribution in [3.8, 4) is 0 Å². The molecule has 0 radical (unpaired) electrons. The number of nitrogens with zero attached hydrogens (tertiary/aromatic N) is 4. The van der Waals surface area contributed by atoms with E-state index in [9.17, 15) is 9.18 Å². The molecule has 5 nitrogen and oxygen atoms in total. The molecule has 0 aliphatic carbocycles. The zero-order chi connectivity index (χ0) is 20.1. The maximum atomic E-state index is 11.9. The van der Waals surface area contributed by atoms with Crippen LogP contribution < -0.4 is 0 Å². The van der Waals surface area contributed by atoms with Crippen LogP contribution in [0.5, 0.6) is 0 Å². The largest absolute Gasteiger partial charge is 0.328 e. The number of hydrogen-bond acceptors (Lipinski definition) is 3. The molecule has 0 aliphatic heterocycles. The van der Waals surface area contributed by atoms with Crippen molar-refractivity contribution in [1.82, 2.24) is 19.3 Å². The van der Waals surface area contributed by atoms with Crippen molar-refractivity contribution in [2.45, 2.75) is 26.8 Å². The zero-order valence-electron chi connectivity index (χ0n) is 16.3. The molecule has 0 saturated carbocycles. The van der Waals surface area contributed by atoms with Crippen LogP contribution in [0.15, 0.2) is 60.8 Å². The summed E-state index contributed by atoms with van der Waals surface area (Å²) >= 11 is 0. The summed E-state index contributed by atoms with van der Waals surface area (Å²) < 4.78 is 16.0. The van der Waals surface area contributed by atoms with Gasteiger partial charge >= 0.3 is 0 Å². The molecule has 2 heterocycles. The number of benzene rings is 2. The van der Waals surface area contributed by atoms with Crippen LogP contribution >= 0.6 is 0 Å². The first-order valence-corrected chi connectivity index (χ1v) is 9.17.